The number of hydrogen-bond acceptors (Lipinski definition) is 5. The molecule has 2 heterocycles. The molecule has 0 saturated carbocycles. The number of likely N-dealkylation sites (tertiary alicyclic amines) is 1. The van der Waals surface area contributed by atoms with Gasteiger partial charge in [0.05, 0.1) is 18.7 Å². The Labute approximate surface area is 228 Å². The molecule has 0 amide bonds. The van der Waals surface area contributed by atoms with E-state index >= 15 is 0 Å². The van der Waals surface area contributed by atoms with Crippen LogP contribution in [0.1, 0.15) is 62.2 Å². The summed E-state index contributed by atoms with van der Waals surface area (Å²) in [6.45, 7) is 2.58. The molecule has 2 N–H and O–H groups in total. The number of aliphatic hydroxyl groups excluding tert-OH is 1. The summed E-state index contributed by atoms with van der Waals surface area (Å²) in [4.78, 5) is 18.1. The van der Waals surface area contributed by atoms with Crippen LogP contribution >= 0.6 is 0 Å². The number of rotatable bonds is 13. The third kappa shape index (κ3) is 7.73. The summed E-state index contributed by atoms with van der Waals surface area (Å²) in [6.07, 6.45) is 6.27. The number of benzene rings is 2. The topological polar surface area (TPSA) is 82.9 Å². The van der Waals surface area contributed by atoms with Crippen molar-refractivity contribution in [3.05, 3.63) is 71.4 Å². The molecule has 0 aliphatic carbocycles. The van der Waals surface area contributed by atoms with Gasteiger partial charge in [0, 0.05) is 24.5 Å². The molecule has 39 heavy (non-hydrogen) atoms. The van der Waals surface area contributed by atoms with Crippen molar-refractivity contribution < 1.29 is 28.5 Å². The first-order chi connectivity index (χ1) is 18.9. The molecule has 4 rings (SSSR count). The summed E-state index contributed by atoms with van der Waals surface area (Å²) < 4.78 is 32.7. The molecule has 1 saturated heterocycles. The van der Waals surface area contributed by atoms with E-state index in [0.29, 0.717) is 36.5 Å². The highest BCUT2D eigenvalue weighted by Crippen LogP contribution is 2.35. The zero-order chi connectivity index (χ0) is 27.8. The number of piperidine rings is 1. The summed E-state index contributed by atoms with van der Waals surface area (Å²) in [5, 5.41) is 21.3. The average molecular weight is 541 g/mol. The monoisotopic (exact) mass is 540 g/mol. The summed E-state index contributed by atoms with van der Waals surface area (Å²) in [7, 11) is 1.61. The molecule has 1 aromatic heterocycles. The number of nitrogens with zero attached hydrogens (tertiary/aromatic N) is 2. The van der Waals surface area contributed by atoms with E-state index in [2.05, 4.69) is 9.88 Å². The minimum Gasteiger partial charge on any atom is -0.497 e. The predicted octanol–water partition coefficient (Wildman–Crippen LogP) is 6.16. The number of ether oxygens (including phenoxy) is 1. The Kier molecular flexibility index (Phi) is 10.2. The minimum atomic E-state index is -0.808. The fourth-order valence-electron chi connectivity index (χ4n) is 5.86. The molecule has 0 radical (unpaired) electrons. The lowest BCUT2D eigenvalue weighted by molar-refractivity contribution is -0.137. The maximum Gasteiger partial charge on any atom is 0.303 e. The molecule has 6 nitrogen and oxygen atoms in total. The van der Waals surface area contributed by atoms with Gasteiger partial charge in [-0.1, -0.05) is 12.1 Å². The number of methoxy groups -OCH3 is 1. The van der Waals surface area contributed by atoms with E-state index in [4.69, 9.17) is 4.74 Å². The zero-order valence-electron chi connectivity index (χ0n) is 22.5. The van der Waals surface area contributed by atoms with Crippen LogP contribution in [-0.2, 0) is 11.2 Å². The molecule has 1 fully saturated rings. The number of aliphatic hydroxyl groups is 1. The van der Waals surface area contributed by atoms with Crippen LogP contribution in [0.5, 0.6) is 5.75 Å². The van der Waals surface area contributed by atoms with Gasteiger partial charge in [-0.25, -0.2) is 8.78 Å². The number of carbonyl (C=O) groups is 1. The number of fused-ring (bicyclic) bond motifs is 1. The highest BCUT2D eigenvalue weighted by Gasteiger charge is 2.30. The highest BCUT2D eigenvalue weighted by molar-refractivity contribution is 5.83. The van der Waals surface area contributed by atoms with Gasteiger partial charge in [-0.05, 0) is 111 Å². The molecule has 0 bridgehead atoms. The maximum atomic E-state index is 13.9. The van der Waals surface area contributed by atoms with Crippen molar-refractivity contribution in [2.45, 2.75) is 57.5 Å². The molecule has 210 valence electrons. The smallest absolute Gasteiger partial charge is 0.303 e. The fraction of sp³-hybridized carbons (Fsp3) is 0.484. The Morgan fingerprint density at radius 2 is 2.00 bits per heavy atom. The second-order valence-corrected chi connectivity index (χ2v) is 10.6. The van der Waals surface area contributed by atoms with E-state index in [1.54, 1.807) is 19.4 Å². The Hall–Kier alpha value is -3.10. The molecule has 2 aromatic carbocycles. The minimum absolute atomic E-state index is 0.130. The number of pyridine rings is 1. The second-order valence-electron chi connectivity index (χ2n) is 10.6. The molecule has 1 aliphatic rings. The van der Waals surface area contributed by atoms with E-state index in [1.165, 1.54) is 6.07 Å². The second kappa shape index (κ2) is 13.8. The quantitative estimate of drug-likeness (QED) is 0.253. The Bertz CT molecular complexity index is 1250. The SMILES string of the molecule is COc1ccc2nccc([C@@H](O)CCC3CCN(CCCCc4cccc(F)c4F)CC3CCC(=O)O)c2c1. The van der Waals surface area contributed by atoms with Crippen molar-refractivity contribution in [1.29, 1.82) is 0 Å². The van der Waals surface area contributed by atoms with Crippen LogP contribution in [0.2, 0.25) is 0 Å². The first-order valence-corrected chi connectivity index (χ1v) is 13.8. The van der Waals surface area contributed by atoms with E-state index in [0.717, 1.165) is 67.9 Å². The lowest BCUT2D eigenvalue weighted by Gasteiger charge is -2.39. The van der Waals surface area contributed by atoms with Gasteiger partial charge >= 0.3 is 5.97 Å². The lowest BCUT2D eigenvalue weighted by Crippen LogP contribution is -2.41. The van der Waals surface area contributed by atoms with Crippen LogP contribution in [0.25, 0.3) is 10.9 Å². The van der Waals surface area contributed by atoms with Gasteiger partial charge in [0.2, 0.25) is 0 Å². The third-order valence-corrected chi connectivity index (χ3v) is 8.06. The van der Waals surface area contributed by atoms with Crippen molar-refractivity contribution in [3.63, 3.8) is 0 Å². The third-order valence-electron chi connectivity index (χ3n) is 8.06. The van der Waals surface area contributed by atoms with Gasteiger partial charge in [0.25, 0.3) is 0 Å². The maximum absolute atomic E-state index is 13.9. The Balaban J connectivity index is 1.32. The average Bonchev–Trinajstić information content (AvgIpc) is 2.94. The summed E-state index contributed by atoms with van der Waals surface area (Å²) in [5.74, 6) is -1.08. The van der Waals surface area contributed by atoms with Crippen molar-refractivity contribution >= 4 is 16.9 Å². The Morgan fingerprint density at radius 1 is 1.15 bits per heavy atom. The number of aryl methyl sites for hydroxylation is 1. The first-order valence-electron chi connectivity index (χ1n) is 13.8. The van der Waals surface area contributed by atoms with Crippen molar-refractivity contribution in [1.82, 2.24) is 9.88 Å². The van der Waals surface area contributed by atoms with Gasteiger partial charge in [-0.3, -0.25) is 9.78 Å². The lowest BCUT2D eigenvalue weighted by atomic mass is 9.79. The van der Waals surface area contributed by atoms with Crippen LogP contribution in [0.3, 0.4) is 0 Å². The number of hydrogen-bond donors (Lipinski definition) is 2. The van der Waals surface area contributed by atoms with E-state index in [9.17, 15) is 23.8 Å². The van der Waals surface area contributed by atoms with E-state index in [-0.39, 0.29) is 12.3 Å². The zero-order valence-corrected chi connectivity index (χ0v) is 22.5. The number of aliphatic carboxylic acids is 1. The first kappa shape index (κ1) is 28.9. The number of carboxylic acid groups (broad SMARTS) is 1. The van der Waals surface area contributed by atoms with Gasteiger partial charge < -0.3 is 19.8 Å². The number of aromatic nitrogens is 1. The Morgan fingerprint density at radius 3 is 2.79 bits per heavy atom. The number of carboxylic acids is 1. The molecular weight excluding hydrogens is 502 g/mol. The van der Waals surface area contributed by atoms with E-state index < -0.39 is 23.7 Å². The molecule has 2 unspecified atom stereocenters. The molecular formula is C31H38F2N2O4. The predicted molar refractivity (Wildman–Crippen MR) is 147 cm³/mol. The van der Waals surface area contributed by atoms with Crippen LogP contribution in [0, 0.1) is 23.5 Å². The normalized spacial score (nSPS) is 18.8. The van der Waals surface area contributed by atoms with Crippen LogP contribution in [-0.4, -0.2) is 52.8 Å². The summed E-state index contributed by atoms with van der Waals surface area (Å²) in [6, 6.07) is 11.8. The van der Waals surface area contributed by atoms with Crippen LogP contribution < -0.4 is 4.74 Å². The van der Waals surface area contributed by atoms with Gasteiger partial charge in [-0.15, -0.1) is 0 Å². The molecule has 1 aliphatic heterocycles. The summed E-state index contributed by atoms with van der Waals surface area (Å²) in [5.41, 5.74) is 2.04. The largest absolute Gasteiger partial charge is 0.497 e. The van der Waals surface area contributed by atoms with Gasteiger partial charge in [0.15, 0.2) is 11.6 Å². The van der Waals surface area contributed by atoms with Gasteiger partial charge in [0.1, 0.15) is 5.75 Å². The van der Waals surface area contributed by atoms with Crippen molar-refractivity contribution in [2.75, 3.05) is 26.7 Å². The van der Waals surface area contributed by atoms with Gasteiger partial charge in [-0.2, -0.15) is 0 Å². The number of halogens is 2. The van der Waals surface area contributed by atoms with Crippen molar-refractivity contribution in [2.24, 2.45) is 11.8 Å². The summed E-state index contributed by atoms with van der Waals surface area (Å²) >= 11 is 0. The standard InChI is InChI=1S/C31H38F2N2O4/c1-39-24-10-11-28-26(19-24)25(14-16-34-28)29(36)12-8-21-15-18-35(20-23(21)9-13-30(37)38)17-3-2-5-22-6-4-7-27(32)31(22)33/h4,6-7,10-11,14,16,19,21,23,29,36H,2-3,5,8-9,12-13,15,17-18,20H2,1H3,(H,37,38)/t21?,23?,29-/m0/s1. The highest BCUT2D eigenvalue weighted by atomic mass is 19.2. The van der Waals surface area contributed by atoms with E-state index in [1.807, 2.05) is 24.3 Å². The number of unbranched alkanes of at least 4 members (excludes halogenated alkanes) is 1. The molecule has 0 spiro atoms. The van der Waals surface area contributed by atoms with Crippen LogP contribution in [0.15, 0.2) is 48.7 Å². The molecule has 3 aromatic rings. The molecule has 3 atom stereocenters. The van der Waals surface area contributed by atoms with Crippen molar-refractivity contribution in [3.8, 4) is 5.75 Å². The van der Waals surface area contributed by atoms with Crippen LogP contribution in [0.4, 0.5) is 8.78 Å². The fourth-order valence-corrected chi connectivity index (χ4v) is 5.86. The molecule has 8 heteroatoms.